The molecule has 2 aromatic carbocycles. The van der Waals surface area contributed by atoms with E-state index in [1.54, 1.807) is 12.1 Å². The Hall–Kier alpha value is -2.73. The summed E-state index contributed by atoms with van der Waals surface area (Å²) in [6.45, 7) is 2.47. The summed E-state index contributed by atoms with van der Waals surface area (Å²) < 4.78 is 0. The molecular weight excluding hydrogens is 318 g/mol. The molecule has 132 valence electrons. The molecule has 0 heterocycles. The van der Waals surface area contributed by atoms with E-state index in [-0.39, 0.29) is 17.3 Å². The highest BCUT2D eigenvalue weighted by atomic mass is 16.6. The van der Waals surface area contributed by atoms with E-state index < -0.39 is 10.8 Å². The Morgan fingerprint density at radius 3 is 2.36 bits per heavy atom. The third-order valence-electron chi connectivity index (χ3n) is 4.20. The second-order valence-corrected chi connectivity index (χ2v) is 6.06. The molecule has 1 atom stereocenters. The van der Waals surface area contributed by atoms with Crippen LogP contribution in [-0.2, 0) is 6.42 Å². The zero-order valence-corrected chi connectivity index (χ0v) is 14.7. The average molecular weight is 341 g/mol. The molecule has 6 heteroatoms. The van der Waals surface area contributed by atoms with Gasteiger partial charge in [-0.1, -0.05) is 43.3 Å². The number of aryl methyl sites for hydroxylation is 1. The maximum absolute atomic E-state index is 12.4. The van der Waals surface area contributed by atoms with Crippen LogP contribution in [0, 0.1) is 10.1 Å². The Labute approximate surface area is 147 Å². The lowest BCUT2D eigenvalue weighted by atomic mass is 10.0. The van der Waals surface area contributed by atoms with E-state index in [0.29, 0.717) is 6.54 Å². The molecule has 1 N–H and O–H groups in total. The molecule has 2 aromatic rings. The molecule has 0 fully saturated rings. The number of carbonyl (C=O) groups is 1. The van der Waals surface area contributed by atoms with Crippen molar-refractivity contribution in [3.8, 4) is 0 Å². The van der Waals surface area contributed by atoms with Crippen molar-refractivity contribution in [2.45, 2.75) is 19.4 Å². The molecular formula is C19H23N3O3. The van der Waals surface area contributed by atoms with Crippen molar-refractivity contribution in [2.24, 2.45) is 0 Å². The second kappa shape index (κ2) is 8.39. The van der Waals surface area contributed by atoms with Gasteiger partial charge in [-0.2, -0.15) is 0 Å². The predicted molar refractivity (Wildman–Crippen MR) is 97.7 cm³/mol. The average Bonchev–Trinajstić information content (AvgIpc) is 2.62. The van der Waals surface area contributed by atoms with E-state index in [2.05, 4.69) is 36.5 Å². The van der Waals surface area contributed by atoms with Crippen molar-refractivity contribution >= 4 is 11.6 Å². The Morgan fingerprint density at radius 2 is 1.80 bits per heavy atom. The van der Waals surface area contributed by atoms with Crippen LogP contribution in [0.25, 0.3) is 0 Å². The topological polar surface area (TPSA) is 75.5 Å². The van der Waals surface area contributed by atoms with E-state index in [0.717, 1.165) is 12.0 Å². The Morgan fingerprint density at radius 1 is 1.16 bits per heavy atom. The van der Waals surface area contributed by atoms with Gasteiger partial charge in [0, 0.05) is 12.6 Å². The van der Waals surface area contributed by atoms with Gasteiger partial charge < -0.3 is 10.2 Å². The van der Waals surface area contributed by atoms with Crippen molar-refractivity contribution in [1.82, 2.24) is 10.2 Å². The third-order valence-corrected chi connectivity index (χ3v) is 4.20. The zero-order valence-electron chi connectivity index (χ0n) is 14.7. The predicted octanol–water partition coefficient (Wildman–Crippen LogP) is 3.19. The number of nitrogens with zero attached hydrogens (tertiary/aromatic N) is 2. The zero-order chi connectivity index (χ0) is 18.4. The molecule has 0 aliphatic rings. The number of nitro benzene ring substituents is 1. The first kappa shape index (κ1) is 18.6. The summed E-state index contributed by atoms with van der Waals surface area (Å²) in [7, 11) is 3.88. The van der Waals surface area contributed by atoms with Gasteiger partial charge in [0.2, 0.25) is 0 Å². The summed E-state index contributed by atoms with van der Waals surface area (Å²) in [4.78, 5) is 24.9. The van der Waals surface area contributed by atoms with Crippen molar-refractivity contribution in [1.29, 1.82) is 0 Å². The molecule has 0 radical (unpaired) electrons. The van der Waals surface area contributed by atoms with Crippen molar-refractivity contribution in [3.05, 3.63) is 75.3 Å². The summed E-state index contributed by atoms with van der Waals surface area (Å²) >= 11 is 0. The van der Waals surface area contributed by atoms with Crippen LogP contribution in [0.4, 0.5) is 5.69 Å². The highest BCUT2D eigenvalue weighted by Crippen LogP contribution is 2.20. The summed E-state index contributed by atoms with van der Waals surface area (Å²) in [5, 5.41) is 13.9. The van der Waals surface area contributed by atoms with Crippen LogP contribution in [0.15, 0.2) is 48.5 Å². The summed E-state index contributed by atoms with van der Waals surface area (Å²) in [5.41, 5.74) is 2.23. The number of hydrogen-bond acceptors (Lipinski definition) is 4. The van der Waals surface area contributed by atoms with E-state index in [1.165, 1.54) is 17.7 Å². The first-order valence-electron chi connectivity index (χ1n) is 8.21. The SMILES string of the molecule is CCc1ccc(C(CNC(=O)c2ccccc2[N+](=O)[O-])N(C)C)cc1. The smallest absolute Gasteiger partial charge is 0.282 e. The lowest BCUT2D eigenvalue weighted by Crippen LogP contribution is -2.34. The van der Waals surface area contributed by atoms with E-state index in [9.17, 15) is 14.9 Å². The number of carbonyl (C=O) groups excluding carboxylic acids is 1. The minimum absolute atomic E-state index is 0.0161. The van der Waals surface area contributed by atoms with Crippen molar-refractivity contribution in [3.63, 3.8) is 0 Å². The first-order chi connectivity index (χ1) is 11.9. The number of nitro groups is 1. The second-order valence-electron chi connectivity index (χ2n) is 6.06. The number of nitrogens with one attached hydrogen (secondary N) is 1. The molecule has 1 amide bonds. The van der Waals surface area contributed by atoms with Gasteiger partial charge in [0.1, 0.15) is 5.56 Å². The minimum Gasteiger partial charge on any atom is -0.350 e. The molecule has 0 saturated heterocycles. The highest BCUT2D eigenvalue weighted by Gasteiger charge is 2.21. The Balaban J connectivity index is 2.13. The van der Waals surface area contributed by atoms with E-state index >= 15 is 0 Å². The van der Waals surface area contributed by atoms with Crippen LogP contribution in [0.3, 0.4) is 0 Å². The van der Waals surface area contributed by atoms with Crippen LogP contribution in [0.2, 0.25) is 0 Å². The Bertz CT molecular complexity index is 742. The molecule has 0 aliphatic carbocycles. The highest BCUT2D eigenvalue weighted by molar-refractivity contribution is 5.98. The van der Waals surface area contributed by atoms with Gasteiger partial charge in [0.25, 0.3) is 11.6 Å². The molecule has 0 spiro atoms. The molecule has 0 saturated carbocycles. The largest absolute Gasteiger partial charge is 0.350 e. The molecule has 1 unspecified atom stereocenters. The molecule has 25 heavy (non-hydrogen) atoms. The van der Waals surface area contributed by atoms with Gasteiger partial charge in [-0.15, -0.1) is 0 Å². The number of rotatable bonds is 7. The number of amides is 1. The normalized spacial score (nSPS) is 12.0. The Kier molecular flexibility index (Phi) is 6.25. The monoisotopic (exact) mass is 341 g/mol. The number of benzene rings is 2. The first-order valence-corrected chi connectivity index (χ1v) is 8.21. The van der Waals surface area contributed by atoms with Gasteiger partial charge in [0.05, 0.1) is 11.0 Å². The van der Waals surface area contributed by atoms with Crippen LogP contribution < -0.4 is 5.32 Å². The number of likely N-dealkylation sites (N-methyl/N-ethyl adjacent to an activating group) is 1. The van der Waals surface area contributed by atoms with Gasteiger partial charge in [-0.3, -0.25) is 14.9 Å². The van der Waals surface area contributed by atoms with Crippen molar-refractivity contribution < 1.29 is 9.72 Å². The molecule has 6 nitrogen and oxygen atoms in total. The molecule has 2 rings (SSSR count). The molecule has 0 aliphatic heterocycles. The van der Waals surface area contributed by atoms with Gasteiger partial charge >= 0.3 is 0 Å². The number of hydrogen-bond donors (Lipinski definition) is 1. The van der Waals surface area contributed by atoms with Crippen LogP contribution >= 0.6 is 0 Å². The summed E-state index contributed by atoms with van der Waals surface area (Å²) in [6.07, 6.45) is 0.974. The van der Waals surface area contributed by atoms with Gasteiger partial charge in [-0.25, -0.2) is 0 Å². The fraction of sp³-hybridized carbons (Fsp3) is 0.316. The molecule has 0 bridgehead atoms. The standard InChI is InChI=1S/C19H23N3O3/c1-4-14-9-11-15(12-10-14)18(21(2)3)13-20-19(23)16-7-5-6-8-17(16)22(24)25/h5-12,18H,4,13H2,1-3H3,(H,20,23). The van der Waals surface area contributed by atoms with Gasteiger partial charge in [-0.05, 0) is 37.7 Å². The summed E-state index contributed by atoms with van der Waals surface area (Å²) in [5.74, 6) is -0.440. The minimum atomic E-state index is -0.540. The van der Waals surface area contributed by atoms with Crippen LogP contribution in [0.1, 0.15) is 34.5 Å². The maximum atomic E-state index is 12.4. The number of para-hydroxylation sites is 1. The lowest BCUT2D eigenvalue weighted by Gasteiger charge is -2.25. The summed E-state index contributed by atoms with van der Waals surface area (Å²) in [6, 6.07) is 14.2. The maximum Gasteiger partial charge on any atom is 0.282 e. The fourth-order valence-corrected chi connectivity index (χ4v) is 2.68. The molecule has 0 aromatic heterocycles. The quantitative estimate of drug-likeness (QED) is 0.620. The lowest BCUT2D eigenvalue weighted by molar-refractivity contribution is -0.385. The van der Waals surface area contributed by atoms with Gasteiger partial charge in [0.15, 0.2) is 0 Å². The van der Waals surface area contributed by atoms with Crippen molar-refractivity contribution in [2.75, 3.05) is 20.6 Å². The van der Waals surface area contributed by atoms with Crippen LogP contribution in [0.5, 0.6) is 0 Å². The third kappa shape index (κ3) is 4.64. The van der Waals surface area contributed by atoms with E-state index in [4.69, 9.17) is 0 Å². The fourth-order valence-electron chi connectivity index (χ4n) is 2.68. The van der Waals surface area contributed by atoms with Crippen LogP contribution in [-0.4, -0.2) is 36.4 Å². The van der Waals surface area contributed by atoms with E-state index in [1.807, 2.05) is 19.0 Å².